The second kappa shape index (κ2) is 7.18. The van der Waals surface area contributed by atoms with Gasteiger partial charge in [-0.2, -0.15) is 0 Å². The van der Waals surface area contributed by atoms with Crippen molar-refractivity contribution in [2.45, 2.75) is 12.1 Å². The van der Waals surface area contributed by atoms with E-state index in [1.165, 1.54) is 18.4 Å². The van der Waals surface area contributed by atoms with Crippen LogP contribution in [0.2, 0.25) is 0 Å². The number of furan rings is 1. The Morgan fingerprint density at radius 1 is 1.36 bits per heavy atom. The molecule has 3 aromatic rings. The van der Waals surface area contributed by atoms with E-state index in [1.807, 2.05) is 0 Å². The second-order valence-corrected chi connectivity index (χ2v) is 5.87. The summed E-state index contributed by atoms with van der Waals surface area (Å²) in [7, 11) is 0. The maximum absolute atomic E-state index is 12.0. The molecule has 9 nitrogen and oxygen atoms in total. The lowest BCUT2D eigenvalue weighted by Crippen LogP contribution is -2.15. The number of nitro benzene ring substituents is 1. The summed E-state index contributed by atoms with van der Waals surface area (Å²) < 4.78 is 10.5. The van der Waals surface area contributed by atoms with Gasteiger partial charge < -0.3 is 14.2 Å². The SMILES string of the molecule is Cc1ccc([N+](=O)[O-])cc1NC(=O)CSc1nnc(-c2ccco2)o1. The van der Waals surface area contributed by atoms with Gasteiger partial charge >= 0.3 is 0 Å². The van der Waals surface area contributed by atoms with Gasteiger partial charge in [0.05, 0.1) is 22.6 Å². The normalized spacial score (nSPS) is 10.6. The lowest BCUT2D eigenvalue weighted by Gasteiger charge is -2.07. The number of thioether (sulfide) groups is 1. The largest absolute Gasteiger partial charge is 0.459 e. The smallest absolute Gasteiger partial charge is 0.284 e. The molecule has 25 heavy (non-hydrogen) atoms. The molecule has 0 saturated heterocycles. The molecule has 128 valence electrons. The summed E-state index contributed by atoms with van der Waals surface area (Å²) >= 11 is 1.05. The Balaban J connectivity index is 1.60. The van der Waals surface area contributed by atoms with Crippen molar-refractivity contribution in [1.82, 2.24) is 10.2 Å². The number of carbonyl (C=O) groups excluding carboxylic acids is 1. The number of benzene rings is 1. The highest BCUT2D eigenvalue weighted by molar-refractivity contribution is 7.99. The van der Waals surface area contributed by atoms with E-state index in [1.54, 1.807) is 25.1 Å². The minimum absolute atomic E-state index is 0.0158. The Morgan fingerprint density at radius 2 is 2.20 bits per heavy atom. The second-order valence-electron chi connectivity index (χ2n) is 4.94. The highest BCUT2D eigenvalue weighted by Gasteiger charge is 2.14. The molecule has 0 spiro atoms. The zero-order valence-corrected chi connectivity index (χ0v) is 13.8. The maximum atomic E-state index is 12.0. The van der Waals surface area contributed by atoms with Crippen LogP contribution in [0.25, 0.3) is 11.7 Å². The van der Waals surface area contributed by atoms with Gasteiger partial charge in [0.1, 0.15) is 0 Å². The fourth-order valence-corrected chi connectivity index (χ4v) is 2.50. The van der Waals surface area contributed by atoms with Crippen LogP contribution in [0.1, 0.15) is 5.56 Å². The number of aryl methyl sites for hydroxylation is 1. The zero-order chi connectivity index (χ0) is 17.8. The van der Waals surface area contributed by atoms with Crippen molar-refractivity contribution in [3.63, 3.8) is 0 Å². The number of hydrogen-bond donors (Lipinski definition) is 1. The molecular formula is C15H12N4O5S. The predicted molar refractivity (Wildman–Crippen MR) is 89.2 cm³/mol. The lowest BCUT2D eigenvalue weighted by atomic mass is 10.2. The van der Waals surface area contributed by atoms with Crippen LogP contribution in [-0.4, -0.2) is 26.8 Å². The molecule has 0 unspecified atom stereocenters. The van der Waals surface area contributed by atoms with E-state index in [9.17, 15) is 14.9 Å². The average Bonchev–Trinajstić information content (AvgIpc) is 3.26. The molecule has 0 aliphatic carbocycles. The van der Waals surface area contributed by atoms with Gasteiger partial charge in [0.15, 0.2) is 5.76 Å². The number of rotatable bonds is 6. The van der Waals surface area contributed by atoms with Crippen molar-refractivity contribution in [3.05, 3.63) is 52.3 Å². The van der Waals surface area contributed by atoms with Gasteiger partial charge in [-0.25, -0.2) is 0 Å². The van der Waals surface area contributed by atoms with Crippen molar-refractivity contribution >= 4 is 29.0 Å². The summed E-state index contributed by atoms with van der Waals surface area (Å²) in [6.07, 6.45) is 1.49. The Kier molecular flexibility index (Phi) is 4.80. The fraction of sp³-hybridized carbons (Fsp3) is 0.133. The summed E-state index contributed by atoms with van der Waals surface area (Å²) in [4.78, 5) is 22.3. The molecule has 0 atom stereocenters. The fourth-order valence-electron chi connectivity index (χ4n) is 1.94. The Hall–Kier alpha value is -3.14. The molecule has 2 aromatic heterocycles. The molecule has 2 heterocycles. The zero-order valence-electron chi connectivity index (χ0n) is 13.0. The topological polar surface area (TPSA) is 124 Å². The number of anilines is 1. The van der Waals surface area contributed by atoms with E-state index in [4.69, 9.17) is 8.83 Å². The molecule has 0 aliphatic heterocycles. The van der Waals surface area contributed by atoms with Gasteiger partial charge in [-0.05, 0) is 24.6 Å². The molecule has 1 amide bonds. The number of carbonyl (C=O) groups is 1. The van der Waals surface area contributed by atoms with Crippen LogP contribution in [0.15, 0.2) is 50.7 Å². The molecule has 0 fully saturated rings. The number of aromatic nitrogens is 2. The van der Waals surface area contributed by atoms with Crippen LogP contribution >= 0.6 is 11.8 Å². The molecule has 0 radical (unpaired) electrons. The van der Waals surface area contributed by atoms with Gasteiger partial charge in [0, 0.05) is 12.1 Å². The molecule has 3 rings (SSSR count). The third-order valence-electron chi connectivity index (χ3n) is 3.17. The van der Waals surface area contributed by atoms with E-state index in [0.29, 0.717) is 11.4 Å². The van der Waals surface area contributed by atoms with Crippen LogP contribution < -0.4 is 5.32 Å². The molecule has 0 aliphatic rings. The summed E-state index contributed by atoms with van der Waals surface area (Å²) in [5, 5.41) is 21.3. The van der Waals surface area contributed by atoms with Gasteiger partial charge in [-0.1, -0.05) is 17.8 Å². The average molecular weight is 360 g/mol. The Morgan fingerprint density at radius 3 is 2.92 bits per heavy atom. The van der Waals surface area contributed by atoms with Gasteiger partial charge in [0.25, 0.3) is 16.8 Å². The molecule has 0 bridgehead atoms. The Bertz CT molecular complexity index is 907. The number of nitrogens with one attached hydrogen (secondary N) is 1. The molecule has 10 heteroatoms. The van der Waals surface area contributed by atoms with Gasteiger partial charge in [-0.3, -0.25) is 14.9 Å². The number of nitro groups is 1. The number of hydrogen-bond acceptors (Lipinski definition) is 8. The van der Waals surface area contributed by atoms with Crippen LogP contribution in [0.5, 0.6) is 0 Å². The van der Waals surface area contributed by atoms with E-state index in [0.717, 1.165) is 17.3 Å². The minimum atomic E-state index is -0.515. The van der Waals surface area contributed by atoms with E-state index in [-0.39, 0.29) is 28.5 Å². The molecule has 0 saturated carbocycles. The van der Waals surface area contributed by atoms with Crippen LogP contribution in [-0.2, 0) is 4.79 Å². The van der Waals surface area contributed by atoms with Crippen LogP contribution in [0.4, 0.5) is 11.4 Å². The predicted octanol–water partition coefficient (Wildman–Crippen LogP) is 3.28. The third kappa shape index (κ3) is 4.04. The van der Waals surface area contributed by atoms with Gasteiger partial charge in [0.2, 0.25) is 5.91 Å². The number of non-ortho nitro benzene ring substituents is 1. The van der Waals surface area contributed by atoms with E-state index >= 15 is 0 Å². The first-order valence-corrected chi connectivity index (χ1v) is 8.06. The molecular weight excluding hydrogens is 348 g/mol. The Labute approximate surface area is 145 Å². The van der Waals surface area contributed by atoms with Crippen molar-refractivity contribution in [2.75, 3.05) is 11.1 Å². The quantitative estimate of drug-likeness (QED) is 0.403. The maximum Gasteiger partial charge on any atom is 0.284 e. The van der Waals surface area contributed by atoms with Crippen molar-refractivity contribution in [1.29, 1.82) is 0 Å². The standard InChI is InChI=1S/C15H12N4O5S/c1-9-4-5-10(19(21)22)7-11(9)16-13(20)8-25-15-18-17-14(24-15)12-3-2-6-23-12/h2-7H,8H2,1H3,(H,16,20). The number of nitrogens with zero attached hydrogens (tertiary/aromatic N) is 3. The first-order chi connectivity index (χ1) is 12.0. The first kappa shape index (κ1) is 16.7. The van der Waals surface area contributed by atoms with Crippen LogP contribution in [0, 0.1) is 17.0 Å². The van der Waals surface area contributed by atoms with E-state index in [2.05, 4.69) is 15.5 Å². The summed E-state index contributed by atoms with van der Waals surface area (Å²) in [6.45, 7) is 1.75. The van der Waals surface area contributed by atoms with Gasteiger partial charge in [-0.15, -0.1) is 10.2 Å². The van der Waals surface area contributed by atoms with Crippen molar-refractivity contribution < 1.29 is 18.6 Å². The molecule has 1 aromatic carbocycles. The summed E-state index contributed by atoms with van der Waals surface area (Å²) in [6, 6.07) is 7.66. The minimum Gasteiger partial charge on any atom is -0.459 e. The molecule has 1 N–H and O–H groups in total. The monoisotopic (exact) mass is 360 g/mol. The highest BCUT2D eigenvalue weighted by Crippen LogP contribution is 2.25. The van der Waals surface area contributed by atoms with Crippen LogP contribution in [0.3, 0.4) is 0 Å². The lowest BCUT2D eigenvalue weighted by molar-refractivity contribution is -0.384. The summed E-state index contributed by atoms with van der Waals surface area (Å²) in [5.41, 5.74) is 1.02. The van der Waals surface area contributed by atoms with E-state index < -0.39 is 4.92 Å². The first-order valence-electron chi connectivity index (χ1n) is 7.08. The number of amides is 1. The summed E-state index contributed by atoms with van der Waals surface area (Å²) in [5.74, 6) is 0.340. The van der Waals surface area contributed by atoms with Crippen molar-refractivity contribution in [3.8, 4) is 11.7 Å². The highest BCUT2D eigenvalue weighted by atomic mass is 32.2. The third-order valence-corrected chi connectivity index (χ3v) is 3.99. The van der Waals surface area contributed by atoms with Crippen molar-refractivity contribution in [2.24, 2.45) is 0 Å².